The van der Waals surface area contributed by atoms with Crippen LogP contribution in [0.15, 0.2) is 89.3 Å². The van der Waals surface area contributed by atoms with Gasteiger partial charge in [0.1, 0.15) is 5.75 Å². The molecule has 2 N–H and O–H groups in total. The smallest absolute Gasteiger partial charge is 0.254 e. The van der Waals surface area contributed by atoms with Crippen molar-refractivity contribution in [3.8, 4) is 17.2 Å². The average molecular weight is 539 g/mol. The molecule has 3 aromatic rings. The van der Waals surface area contributed by atoms with Crippen LogP contribution in [0.5, 0.6) is 17.2 Å². The molecule has 5 rings (SSSR count). The van der Waals surface area contributed by atoms with Gasteiger partial charge in [-0.25, -0.2) is 0 Å². The number of nitrogens with one attached hydrogen (secondary N) is 2. The lowest BCUT2D eigenvalue weighted by atomic mass is 9.71. The van der Waals surface area contributed by atoms with Crippen LogP contribution in [0.25, 0.3) is 0 Å². The van der Waals surface area contributed by atoms with Gasteiger partial charge in [0.25, 0.3) is 5.91 Å². The van der Waals surface area contributed by atoms with E-state index >= 15 is 0 Å². The summed E-state index contributed by atoms with van der Waals surface area (Å²) in [5, 5.41) is 6.47. The molecular formula is C33H34N2O5. The largest absolute Gasteiger partial charge is 0.497 e. The van der Waals surface area contributed by atoms with Crippen LogP contribution >= 0.6 is 0 Å². The van der Waals surface area contributed by atoms with Gasteiger partial charge in [0, 0.05) is 40.6 Å². The number of carbonyl (C=O) groups is 2. The molecule has 0 saturated heterocycles. The molecule has 7 nitrogen and oxygen atoms in total. The predicted molar refractivity (Wildman–Crippen MR) is 155 cm³/mol. The molecule has 0 fully saturated rings. The second-order valence-electron chi connectivity index (χ2n) is 10.2. The van der Waals surface area contributed by atoms with Gasteiger partial charge in [0.2, 0.25) is 0 Å². The van der Waals surface area contributed by atoms with Crippen molar-refractivity contribution in [1.82, 2.24) is 5.32 Å². The van der Waals surface area contributed by atoms with Crippen molar-refractivity contribution in [3.05, 3.63) is 106 Å². The van der Waals surface area contributed by atoms with E-state index in [9.17, 15) is 9.59 Å². The number of rotatable bonds is 7. The quantitative estimate of drug-likeness (QED) is 0.383. The maximum atomic E-state index is 13.9. The molecule has 0 spiro atoms. The highest BCUT2D eigenvalue weighted by Gasteiger charge is 2.41. The van der Waals surface area contributed by atoms with E-state index in [1.54, 1.807) is 45.6 Å². The zero-order valence-electron chi connectivity index (χ0n) is 23.5. The van der Waals surface area contributed by atoms with Gasteiger partial charge < -0.3 is 24.8 Å². The van der Waals surface area contributed by atoms with Crippen molar-refractivity contribution in [2.24, 2.45) is 0 Å². The van der Waals surface area contributed by atoms with E-state index in [-0.39, 0.29) is 17.6 Å². The first-order chi connectivity index (χ1) is 19.3. The summed E-state index contributed by atoms with van der Waals surface area (Å²) in [5.41, 5.74) is 6.48. The number of dihydropyridines is 1. The molecule has 0 aromatic heterocycles. The summed E-state index contributed by atoms with van der Waals surface area (Å²) >= 11 is 0. The fraction of sp³-hybridized carbons (Fsp3) is 0.273. The molecule has 1 aliphatic heterocycles. The summed E-state index contributed by atoms with van der Waals surface area (Å²) < 4.78 is 16.1. The van der Waals surface area contributed by atoms with E-state index in [1.807, 2.05) is 56.3 Å². The third-order valence-electron chi connectivity index (χ3n) is 7.71. The molecule has 3 aromatic carbocycles. The number of hydrogen-bond donors (Lipinski definition) is 2. The van der Waals surface area contributed by atoms with Crippen molar-refractivity contribution in [1.29, 1.82) is 0 Å². The SMILES string of the molecule is COc1ccc(NC(=O)C2=C(C)NC3=C(C(=O)C[C@@H](c4ccc(OC)c(OC)c4)C3)[C@@H]2c2ccc(C)cc2)cc1. The highest BCUT2D eigenvalue weighted by Crippen LogP contribution is 2.46. The number of aryl methyl sites for hydroxylation is 1. The minimum Gasteiger partial charge on any atom is -0.497 e. The number of allylic oxidation sites excluding steroid dienone is 3. The molecule has 0 bridgehead atoms. The number of hydrogen-bond acceptors (Lipinski definition) is 6. The zero-order chi connectivity index (χ0) is 28.4. The van der Waals surface area contributed by atoms with Crippen molar-refractivity contribution < 1.29 is 23.8 Å². The number of ether oxygens (including phenoxy) is 3. The monoisotopic (exact) mass is 538 g/mol. The van der Waals surface area contributed by atoms with E-state index in [2.05, 4.69) is 10.6 Å². The highest BCUT2D eigenvalue weighted by molar-refractivity contribution is 6.10. The molecule has 0 unspecified atom stereocenters. The standard InChI is InChI=1S/C33H34N2O5/c1-19-6-8-21(9-7-19)31-30(33(37)35-24-11-13-25(38-3)14-12-24)20(2)34-26-16-23(17-27(36)32(26)31)22-10-15-28(39-4)29(18-22)40-5/h6-15,18,23,31,34H,16-17H2,1-5H3,(H,35,37)/t23-,31+/m0/s1. The summed E-state index contributed by atoms with van der Waals surface area (Å²) in [6, 6.07) is 21.1. The number of benzene rings is 3. The summed E-state index contributed by atoms with van der Waals surface area (Å²) in [5.74, 6) is 1.26. The lowest BCUT2D eigenvalue weighted by molar-refractivity contribution is -0.116. The van der Waals surface area contributed by atoms with Gasteiger partial charge in [0.15, 0.2) is 17.3 Å². The molecular weight excluding hydrogens is 504 g/mol. The molecule has 1 amide bonds. The van der Waals surface area contributed by atoms with Gasteiger partial charge in [-0.15, -0.1) is 0 Å². The van der Waals surface area contributed by atoms with Crippen LogP contribution in [-0.2, 0) is 9.59 Å². The van der Waals surface area contributed by atoms with Gasteiger partial charge in [0.05, 0.1) is 21.3 Å². The molecule has 1 aliphatic carbocycles. The Bertz CT molecular complexity index is 1500. The van der Waals surface area contributed by atoms with Gasteiger partial charge in [-0.2, -0.15) is 0 Å². The number of amides is 1. The van der Waals surface area contributed by atoms with Gasteiger partial charge in [-0.05, 0) is 73.7 Å². The van der Waals surface area contributed by atoms with E-state index in [0.29, 0.717) is 46.9 Å². The molecule has 40 heavy (non-hydrogen) atoms. The summed E-state index contributed by atoms with van der Waals surface area (Å²) in [4.78, 5) is 27.7. The van der Waals surface area contributed by atoms with Crippen LogP contribution in [0.2, 0.25) is 0 Å². The molecule has 206 valence electrons. The normalized spacial score (nSPS) is 18.6. The number of ketones is 1. The van der Waals surface area contributed by atoms with E-state index < -0.39 is 5.92 Å². The first kappa shape index (κ1) is 27.1. The lowest BCUT2D eigenvalue weighted by Crippen LogP contribution is -2.37. The number of Topliss-reactive ketones (excluding diaryl/α,β-unsaturated/α-hetero) is 1. The van der Waals surface area contributed by atoms with Crippen molar-refractivity contribution in [2.45, 2.75) is 38.5 Å². The zero-order valence-corrected chi connectivity index (χ0v) is 23.5. The first-order valence-electron chi connectivity index (χ1n) is 13.3. The Morgan fingerprint density at radius 3 is 2.15 bits per heavy atom. The maximum Gasteiger partial charge on any atom is 0.254 e. The number of methoxy groups -OCH3 is 3. The Morgan fingerprint density at radius 1 is 0.825 bits per heavy atom. The lowest BCUT2D eigenvalue weighted by Gasteiger charge is -2.37. The van der Waals surface area contributed by atoms with Crippen LogP contribution < -0.4 is 24.8 Å². The summed E-state index contributed by atoms with van der Waals surface area (Å²) in [6.45, 7) is 3.92. The van der Waals surface area contributed by atoms with Gasteiger partial charge >= 0.3 is 0 Å². The van der Waals surface area contributed by atoms with Crippen LogP contribution in [0.4, 0.5) is 5.69 Å². The van der Waals surface area contributed by atoms with E-state index in [0.717, 1.165) is 28.1 Å². The molecule has 0 radical (unpaired) electrons. The summed E-state index contributed by atoms with van der Waals surface area (Å²) in [7, 11) is 4.81. The second kappa shape index (κ2) is 11.3. The molecule has 1 heterocycles. The Kier molecular flexibility index (Phi) is 7.65. The molecule has 7 heteroatoms. The van der Waals surface area contributed by atoms with Crippen molar-refractivity contribution in [2.75, 3.05) is 26.6 Å². The Hall–Kier alpha value is -4.52. The highest BCUT2D eigenvalue weighted by atomic mass is 16.5. The molecule has 2 atom stereocenters. The Labute approximate surface area is 234 Å². The summed E-state index contributed by atoms with van der Waals surface area (Å²) in [6.07, 6.45) is 0.981. The number of carbonyl (C=O) groups excluding carboxylic acids is 2. The van der Waals surface area contributed by atoms with E-state index in [1.165, 1.54) is 0 Å². The third-order valence-corrected chi connectivity index (χ3v) is 7.71. The minimum atomic E-state index is -0.478. The molecule has 0 saturated carbocycles. The Balaban J connectivity index is 1.52. The van der Waals surface area contributed by atoms with Crippen molar-refractivity contribution >= 4 is 17.4 Å². The van der Waals surface area contributed by atoms with Gasteiger partial charge in [-0.1, -0.05) is 35.9 Å². The van der Waals surface area contributed by atoms with Crippen LogP contribution in [0.1, 0.15) is 48.3 Å². The third kappa shape index (κ3) is 5.19. The fourth-order valence-electron chi connectivity index (χ4n) is 5.65. The molecule has 2 aliphatic rings. The van der Waals surface area contributed by atoms with Gasteiger partial charge in [-0.3, -0.25) is 9.59 Å². The van der Waals surface area contributed by atoms with Crippen LogP contribution in [0, 0.1) is 6.92 Å². The van der Waals surface area contributed by atoms with E-state index in [4.69, 9.17) is 14.2 Å². The minimum absolute atomic E-state index is 0.0281. The predicted octanol–water partition coefficient (Wildman–Crippen LogP) is 6.02. The second-order valence-corrected chi connectivity index (χ2v) is 10.2. The maximum absolute atomic E-state index is 13.9. The number of anilines is 1. The fourth-order valence-corrected chi connectivity index (χ4v) is 5.65. The van der Waals surface area contributed by atoms with Crippen LogP contribution in [-0.4, -0.2) is 33.0 Å². The first-order valence-corrected chi connectivity index (χ1v) is 13.3. The topological polar surface area (TPSA) is 85.9 Å². The van der Waals surface area contributed by atoms with Crippen LogP contribution in [0.3, 0.4) is 0 Å². The Morgan fingerprint density at radius 2 is 1.50 bits per heavy atom. The van der Waals surface area contributed by atoms with Crippen molar-refractivity contribution in [3.63, 3.8) is 0 Å². The average Bonchev–Trinajstić information content (AvgIpc) is 2.96.